The van der Waals surface area contributed by atoms with Crippen molar-refractivity contribution < 1.29 is 27.8 Å². The average Bonchev–Trinajstić information content (AvgIpc) is 2.43. The molecule has 0 heterocycles. The summed E-state index contributed by atoms with van der Waals surface area (Å²) in [5.41, 5.74) is 0.728. The molecule has 0 aromatic heterocycles. The molecule has 1 aromatic rings. The van der Waals surface area contributed by atoms with Gasteiger partial charge in [0.05, 0.1) is 0 Å². The fraction of sp³-hybridized carbons (Fsp3) is 0.462. The highest BCUT2D eigenvalue weighted by molar-refractivity contribution is 5.73. The Kier molecular flexibility index (Phi) is 6.80. The van der Waals surface area contributed by atoms with E-state index in [2.05, 4.69) is 15.4 Å². The van der Waals surface area contributed by atoms with Gasteiger partial charge >= 0.3 is 12.2 Å². The fourth-order valence-electron chi connectivity index (χ4n) is 1.39. The molecule has 2 amide bonds. The Bertz CT molecular complexity index is 435. The smallest absolute Gasteiger partial charge is 0.422 e. The first-order valence-electron chi connectivity index (χ1n) is 6.32. The third kappa shape index (κ3) is 8.03. The molecular formula is C13H17F3N2O3. The molecule has 0 aliphatic heterocycles. The predicted octanol–water partition coefficient (Wildman–Crippen LogP) is 1.81. The van der Waals surface area contributed by atoms with Gasteiger partial charge in [-0.15, -0.1) is 0 Å². The van der Waals surface area contributed by atoms with Crippen LogP contribution in [0.15, 0.2) is 24.3 Å². The van der Waals surface area contributed by atoms with Gasteiger partial charge in [-0.3, -0.25) is 0 Å². The van der Waals surface area contributed by atoms with Gasteiger partial charge in [-0.2, -0.15) is 13.2 Å². The van der Waals surface area contributed by atoms with Gasteiger partial charge < -0.3 is 20.5 Å². The highest BCUT2D eigenvalue weighted by Gasteiger charge is 2.28. The van der Waals surface area contributed by atoms with Crippen LogP contribution in [-0.2, 0) is 6.54 Å². The summed E-state index contributed by atoms with van der Waals surface area (Å²) in [4.78, 5) is 11.3. The van der Waals surface area contributed by atoms with Gasteiger partial charge in [-0.25, -0.2) is 4.79 Å². The molecule has 0 saturated carbocycles. The Morgan fingerprint density at radius 3 is 2.43 bits per heavy atom. The number of nitrogens with one attached hydrogen (secondary N) is 2. The highest BCUT2D eigenvalue weighted by Crippen LogP contribution is 2.18. The van der Waals surface area contributed by atoms with Crippen molar-refractivity contribution in [3.8, 4) is 5.75 Å². The van der Waals surface area contributed by atoms with E-state index in [-0.39, 0.29) is 24.9 Å². The Morgan fingerprint density at radius 2 is 1.86 bits per heavy atom. The van der Waals surface area contributed by atoms with E-state index < -0.39 is 12.8 Å². The van der Waals surface area contributed by atoms with Crippen LogP contribution in [0.1, 0.15) is 12.0 Å². The van der Waals surface area contributed by atoms with Crippen LogP contribution in [0.2, 0.25) is 0 Å². The number of aliphatic hydroxyl groups excluding tert-OH is 1. The molecule has 0 atom stereocenters. The van der Waals surface area contributed by atoms with Crippen LogP contribution in [0.25, 0.3) is 0 Å². The molecule has 1 rings (SSSR count). The van der Waals surface area contributed by atoms with E-state index in [1.165, 1.54) is 12.1 Å². The van der Waals surface area contributed by atoms with Crippen LogP contribution >= 0.6 is 0 Å². The first kappa shape index (κ1) is 17.1. The van der Waals surface area contributed by atoms with Gasteiger partial charge in [-0.05, 0) is 24.1 Å². The van der Waals surface area contributed by atoms with Crippen molar-refractivity contribution in [1.82, 2.24) is 10.6 Å². The van der Waals surface area contributed by atoms with E-state index in [0.29, 0.717) is 13.0 Å². The molecule has 5 nitrogen and oxygen atoms in total. The lowest BCUT2D eigenvalue weighted by atomic mass is 10.2. The van der Waals surface area contributed by atoms with Crippen molar-refractivity contribution in [2.24, 2.45) is 0 Å². The minimum Gasteiger partial charge on any atom is -0.484 e. The molecule has 0 aliphatic rings. The number of alkyl halides is 3. The number of urea groups is 1. The van der Waals surface area contributed by atoms with Gasteiger partial charge in [0, 0.05) is 19.7 Å². The maximum atomic E-state index is 12.0. The monoisotopic (exact) mass is 306 g/mol. The number of halogens is 3. The fourth-order valence-corrected chi connectivity index (χ4v) is 1.39. The van der Waals surface area contributed by atoms with Gasteiger partial charge in [0.1, 0.15) is 5.75 Å². The number of carbonyl (C=O) groups is 1. The van der Waals surface area contributed by atoms with Crippen molar-refractivity contribution >= 4 is 6.03 Å². The van der Waals surface area contributed by atoms with Crippen LogP contribution in [0.4, 0.5) is 18.0 Å². The molecule has 3 N–H and O–H groups in total. The van der Waals surface area contributed by atoms with Gasteiger partial charge in [0.2, 0.25) is 0 Å². The second-order valence-corrected chi connectivity index (χ2v) is 4.23. The molecule has 0 fully saturated rings. The Morgan fingerprint density at radius 1 is 1.19 bits per heavy atom. The average molecular weight is 306 g/mol. The standard InChI is InChI=1S/C13H17F3N2O3/c14-13(15,16)9-21-11-4-2-10(3-5-11)8-18-12(20)17-6-1-7-19/h2-5,19H,1,6-9H2,(H2,17,18,20). The second kappa shape index (κ2) is 8.35. The summed E-state index contributed by atoms with van der Waals surface area (Å²) in [5.74, 6) is 0.114. The maximum Gasteiger partial charge on any atom is 0.422 e. The lowest BCUT2D eigenvalue weighted by molar-refractivity contribution is -0.153. The first-order chi connectivity index (χ1) is 9.90. The quantitative estimate of drug-likeness (QED) is 0.673. The largest absolute Gasteiger partial charge is 0.484 e. The molecule has 1 aromatic carbocycles. The minimum atomic E-state index is -4.37. The van der Waals surface area contributed by atoms with Crippen molar-refractivity contribution in [3.63, 3.8) is 0 Å². The predicted molar refractivity (Wildman–Crippen MR) is 69.9 cm³/mol. The van der Waals surface area contributed by atoms with Gasteiger partial charge in [-0.1, -0.05) is 12.1 Å². The SMILES string of the molecule is O=C(NCCCO)NCc1ccc(OCC(F)(F)F)cc1. The Balaban J connectivity index is 2.32. The first-order valence-corrected chi connectivity index (χ1v) is 6.32. The van der Waals surface area contributed by atoms with Crippen LogP contribution in [-0.4, -0.2) is 37.1 Å². The third-order valence-electron chi connectivity index (χ3n) is 2.40. The van der Waals surface area contributed by atoms with Crippen LogP contribution in [0, 0.1) is 0 Å². The normalized spacial score (nSPS) is 11.0. The number of rotatable bonds is 7. The van der Waals surface area contributed by atoms with E-state index in [4.69, 9.17) is 5.11 Å². The van der Waals surface area contributed by atoms with E-state index in [0.717, 1.165) is 5.56 Å². The molecule has 118 valence electrons. The van der Waals surface area contributed by atoms with Crippen molar-refractivity contribution in [1.29, 1.82) is 0 Å². The zero-order valence-corrected chi connectivity index (χ0v) is 11.2. The van der Waals surface area contributed by atoms with Crippen molar-refractivity contribution in [2.45, 2.75) is 19.1 Å². The van der Waals surface area contributed by atoms with E-state index in [9.17, 15) is 18.0 Å². The molecule has 8 heteroatoms. The second-order valence-electron chi connectivity index (χ2n) is 4.23. The van der Waals surface area contributed by atoms with Crippen LogP contribution in [0.3, 0.4) is 0 Å². The summed E-state index contributed by atoms with van der Waals surface area (Å²) in [6.45, 7) is -0.728. The zero-order valence-electron chi connectivity index (χ0n) is 11.2. The summed E-state index contributed by atoms with van der Waals surface area (Å²) in [6, 6.07) is 5.58. The highest BCUT2D eigenvalue weighted by atomic mass is 19.4. The topological polar surface area (TPSA) is 70.6 Å². The van der Waals surface area contributed by atoms with Gasteiger partial charge in [0.25, 0.3) is 0 Å². The summed E-state index contributed by atoms with van der Waals surface area (Å²) in [7, 11) is 0. The summed E-state index contributed by atoms with van der Waals surface area (Å²) >= 11 is 0. The molecule has 0 unspecified atom stereocenters. The zero-order chi connectivity index (χ0) is 15.7. The maximum absolute atomic E-state index is 12.0. The molecular weight excluding hydrogens is 289 g/mol. The Hall–Kier alpha value is -1.96. The van der Waals surface area contributed by atoms with Crippen molar-refractivity contribution in [3.05, 3.63) is 29.8 Å². The molecule has 0 spiro atoms. The Labute approximate surface area is 120 Å². The van der Waals surface area contributed by atoms with Crippen LogP contribution in [0.5, 0.6) is 5.75 Å². The number of carbonyl (C=O) groups excluding carboxylic acids is 1. The number of ether oxygens (including phenoxy) is 1. The molecule has 21 heavy (non-hydrogen) atoms. The number of hydrogen-bond donors (Lipinski definition) is 3. The lowest BCUT2D eigenvalue weighted by Gasteiger charge is -2.10. The molecule has 0 aliphatic carbocycles. The third-order valence-corrected chi connectivity index (χ3v) is 2.40. The molecule has 0 radical (unpaired) electrons. The number of amides is 2. The summed E-state index contributed by atoms with van der Waals surface area (Å²) in [5, 5.41) is 13.7. The molecule has 0 saturated heterocycles. The number of aliphatic hydroxyl groups is 1. The minimum absolute atomic E-state index is 0.000330. The van der Waals surface area contributed by atoms with E-state index in [1.54, 1.807) is 12.1 Å². The molecule has 0 bridgehead atoms. The van der Waals surface area contributed by atoms with E-state index in [1.807, 2.05) is 0 Å². The van der Waals surface area contributed by atoms with Gasteiger partial charge in [0.15, 0.2) is 6.61 Å². The summed E-state index contributed by atoms with van der Waals surface area (Å²) in [6.07, 6.45) is -3.90. The van der Waals surface area contributed by atoms with E-state index >= 15 is 0 Å². The van der Waals surface area contributed by atoms with Crippen molar-refractivity contribution in [2.75, 3.05) is 19.8 Å². The lowest BCUT2D eigenvalue weighted by Crippen LogP contribution is -2.35. The number of benzene rings is 1. The van der Waals surface area contributed by atoms with Crippen LogP contribution < -0.4 is 15.4 Å². The summed E-state index contributed by atoms with van der Waals surface area (Å²) < 4.78 is 40.5. The number of hydrogen-bond acceptors (Lipinski definition) is 3.